The number of benzene rings is 2. The average molecular weight is 322 g/mol. The molecule has 0 saturated heterocycles. The first-order valence-corrected chi connectivity index (χ1v) is 7.85. The standard InChI is InChI=1S/C21H22O3/c1-6-17-7-9-18(10-8-17)21(23)24-12-20(22)19-11-13(2)14(3)15(4)16(19)5/h6-11H,1,12H2,2-5H3. The highest BCUT2D eigenvalue weighted by Gasteiger charge is 2.16. The summed E-state index contributed by atoms with van der Waals surface area (Å²) >= 11 is 0. The quantitative estimate of drug-likeness (QED) is 0.597. The van der Waals surface area contributed by atoms with E-state index in [9.17, 15) is 9.59 Å². The number of hydrogen-bond donors (Lipinski definition) is 0. The molecule has 0 amide bonds. The molecule has 3 heteroatoms. The molecule has 124 valence electrons. The third kappa shape index (κ3) is 3.62. The molecule has 0 aliphatic heterocycles. The smallest absolute Gasteiger partial charge is 0.338 e. The van der Waals surface area contributed by atoms with Crippen LogP contribution in [0.2, 0.25) is 0 Å². The highest BCUT2D eigenvalue weighted by molar-refractivity contribution is 6.01. The number of rotatable bonds is 5. The molecule has 0 heterocycles. The molecular weight excluding hydrogens is 300 g/mol. The topological polar surface area (TPSA) is 43.4 Å². The first-order chi connectivity index (χ1) is 11.3. The second-order valence-corrected chi connectivity index (χ2v) is 5.94. The zero-order valence-corrected chi connectivity index (χ0v) is 14.6. The molecule has 0 N–H and O–H groups in total. The number of aryl methyl sites for hydroxylation is 1. The maximum absolute atomic E-state index is 12.4. The van der Waals surface area contributed by atoms with Crippen LogP contribution < -0.4 is 0 Å². The van der Waals surface area contributed by atoms with Crippen molar-refractivity contribution in [2.45, 2.75) is 27.7 Å². The number of ketones is 1. The first-order valence-electron chi connectivity index (χ1n) is 7.85. The highest BCUT2D eigenvalue weighted by Crippen LogP contribution is 2.21. The van der Waals surface area contributed by atoms with Crippen LogP contribution >= 0.6 is 0 Å². The van der Waals surface area contributed by atoms with Crippen molar-refractivity contribution in [3.05, 3.63) is 75.9 Å². The number of ether oxygens (including phenoxy) is 1. The first kappa shape index (κ1) is 17.7. The number of carbonyl (C=O) groups is 2. The number of Topliss-reactive ketones (excluding diaryl/α,β-unsaturated/α-hetero) is 1. The lowest BCUT2D eigenvalue weighted by Gasteiger charge is -2.13. The molecule has 0 aliphatic rings. The molecule has 0 saturated carbocycles. The van der Waals surface area contributed by atoms with Gasteiger partial charge >= 0.3 is 5.97 Å². The van der Waals surface area contributed by atoms with Crippen LogP contribution in [0.3, 0.4) is 0 Å². The van der Waals surface area contributed by atoms with Crippen LogP contribution in [0, 0.1) is 27.7 Å². The second-order valence-electron chi connectivity index (χ2n) is 5.94. The Morgan fingerprint density at radius 3 is 2.21 bits per heavy atom. The molecule has 24 heavy (non-hydrogen) atoms. The van der Waals surface area contributed by atoms with Gasteiger partial charge in [0.15, 0.2) is 6.61 Å². The second kappa shape index (κ2) is 7.26. The minimum absolute atomic E-state index is 0.185. The van der Waals surface area contributed by atoms with Crippen molar-refractivity contribution in [3.63, 3.8) is 0 Å². The largest absolute Gasteiger partial charge is 0.454 e. The van der Waals surface area contributed by atoms with Gasteiger partial charge in [-0.3, -0.25) is 4.79 Å². The van der Waals surface area contributed by atoms with Gasteiger partial charge in [0, 0.05) is 5.56 Å². The van der Waals surface area contributed by atoms with E-state index in [-0.39, 0.29) is 12.4 Å². The van der Waals surface area contributed by atoms with Gasteiger partial charge in [-0.2, -0.15) is 0 Å². The lowest BCUT2D eigenvalue weighted by molar-refractivity contribution is 0.0474. The van der Waals surface area contributed by atoms with Gasteiger partial charge in [-0.25, -0.2) is 4.79 Å². The zero-order chi connectivity index (χ0) is 17.9. The minimum Gasteiger partial charge on any atom is -0.454 e. The SMILES string of the molecule is C=Cc1ccc(C(=O)OCC(=O)c2cc(C)c(C)c(C)c2C)cc1. The van der Waals surface area contributed by atoms with E-state index >= 15 is 0 Å². The molecule has 0 bridgehead atoms. The molecule has 2 aromatic rings. The van der Waals surface area contributed by atoms with Crippen LogP contribution in [0.4, 0.5) is 0 Å². The van der Waals surface area contributed by atoms with Crippen molar-refractivity contribution < 1.29 is 14.3 Å². The fourth-order valence-electron chi connectivity index (χ4n) is 2.55. The molecule has 0 atom stereocenters. The maximum Gasteiger partial charge on any atom is 0.338 e. The van der Waals surface area contributed by atoms with Gasteiger partial charge < -0.3 is 4.74 Å². The molecule has 0 unspecified atom stereocenters. The fraction of sp³-hybridized carbons (Fsp3) is 0.238. The van der Waals surface area contributed by atoms with Gasteiger partial charge in [0.05, 0.1) is 5.56 Å². The Labute approximate surface area is 143 Å². The number of carbonyl (C=O) groups excluding carboxylic acids is 2. The summed E-state index contributed by atoms with van der Waals surface area (Å²) in [5.41, 5.74) is 6.24. The van der Waals surface area contributed by atoms with E-state index in [1.165, 1.54) is 5.56 Å². The Morgan fingerprint density at radius 1 is 1.00 bits per heavy atom. The Balaban J connectivity index is 2.10. The van der Waals surface area contributed by atoms with Gasteiger partial charge in [-0.05, 0) is 73.7 Å². The molecule has 2 aromatic carbocycles. The summed E-state index contributed by atoms with van der Waals surface area (Å²) in [4.78, 5) is 24.5. The van der Waals surface area contributed by atoms with Gasteiger partial charge in [0.25, 0.3) is 0 Å². The van der Waals surface area contributed by atoms with E-state index in [2.05, 4.69) is 6.58 Å². The van der Waals surface area contributed by atoms with Gasteiger partial charge in [0.1, 0.15) is 0 Å². The summed E-state index contributed by atoms with van der Waals surface area (Å²) in [7, 11) is 0. The number of esters is 1. The predicted octanol–water partition coefficient (Wildman–Crippen LogP) is 4.60. The third-order valence-corrected chi connectivity index (χ3v) is 4.50. The van der Waals surface area contributed by atoms with E-state index in [1.807, 2.05) is 33.8 Å². The summed E-state index contributed by atoms with van der Waals surface area (Å²) in [6.07, 6.45) is 1.70. The molecule has 0 radical (unpaired) electrons. The average Bonchev–Trinajstić information content (AvgIpc) is 2.60. The van der Waals surface area contributed by atoms with Gasteiger partial charge in [0.2, 0.25) is 5.78 Å². The Kier molecular flexibility index (Phi) is 5.35. The normalized spacial score (nSPS) is 10.3. The lowest BCUT2D eigenvalue weighted by Crippen LogP contribution is -2.16. The van der Waals surface area contributed by atoms with E-state index in [1.54, 1.807) is 30.3 Å². The predicted molar refractivity (Wildman–Crippen MR) is 96.5 cm³/mol. The number of hydrogen-bond acceptors (Lipinski definition) is 3. The zero-order valence-electron chi connectivity index (χ0n) is 14.6. The van der Waals surface area contributed by atoms with E-state index in [0.29, 0.717) is 11.1 Å². The molecule has 2 rings (SSSR count). The molecular formula is C21H22O3. The molecule has 0 aliphatic carbocycles. The van der Waals surface area contributed by atoms with E-state index < -0.39 is 5.97 Å². The highest BCUT2D eigenvalue weighted by atomic mass is 16.5. The van der Waals surface area contributed by atoms with Crippen molar-refractivity contribution in [2.75, 3.05) is 6.61 Å². The van der Waals surface area contributed by atoms with Crippen LogP contribution in [0.15, 0.2) is 36.9 Å². The van der Waals surface area contributed by atoms with Gasteiger partial charge in [-0.15, -0.1) is 0 Å². The molecule has 3 nitrogen and oxygen atoms in total. The van der Waals surface area contributed by atoms with Crippen LogP contribution in [-0.2, 0) is 4.74 Å². The van der Waals surface area contributed by atoms with Crippen LogP contribution in [0.25, 0.3) is 6.08 Å². The Bertz CT molecular complexity index is 799. The molecule has 0 fully saturated rings. The fourth-order valence-corrected chi connectivity index (χ4v) is 2.55. The van der Waals surface area contributed by atoms with Crippen molar-refractivity contribution in [3.8, 4) is 0 Å². The van der Waals surface area contributed by atoms with Crippen molar-refractivity contribution in [1.29, 1.82) is 0 Å². The van der Waals surface area contributed by atoms with E-state index in [0.717, 1.165) is 22.3 Å². The summed E-state index contributed by atoms with van der Waals surface area (Å²) in [6.45, 7) is 11.3. The van der Waals surface area contributed by atoms with E-state index in [4.69, 9.17) is 4.74 Å². The van der Waals surface area contributed by atoms with Crippen LogP contribution in [0.5, 0.6) is 0 Å². The lowest BCUT2D eigenvalue weighted by atomic mass is 9.93. The molecule has 0 spiro atoms. The van der Waals surface area contributed by atoms with Gasteiger partial charge in [-0.1, -0.05) is 24.8 Å². The van der Waals surface area contributed by atoms with Crippen molar-refractivity contribution in [1.82, 2.24) is 0 Å². The third-order valence-electron chi connectivity index (χ3n) is 4.50. The summed E-state index contributed by atoms with van der Waals surface area (Å²) in [5, 5.41) is 0. The summed E-state index contributed by atoms with van der Waals surface area (Å²) in [6, 6.07) is 8.75. The van der Waals surface area contributed by atoms with Crippen LogP contribution in [0.1, 0.15) is 48.5 Å². The minimum atomic E-state index is -0.503. The summed E-state index contributed by atoms with van der Waals surface area (Å²) < 4.78 is 5.17. The Hall–Kier alpha value is -2.68. The van der Waals surface area contributed by atoms with Crippen molar-refractivity contribution in [2.24, 2.45) is 0 Å². The monoisotopic (exact) mass is 322 g/mol. The molecule has 0 aromatic heterocycles. The Morgan fingerprint density at radius 2 is 1.62 bits per heavy atom. The van der Waals surface area contributed by atoms with Crippen molar-refractivity contribution >= 4 is 17.8 Å². The summed E-state index contributed by atoms with van der Waals surface area (Å²) in [5.74, 6) is -0.688. The van der Waals surface area contributed by atoms with Crippen LogP contribution in [-0.4, -0.2) is 18.4 Å². The maximum atomic E-state index is 12.4.